The van der Waals surface area contributed by atoms with Crippen LogP contribution in [0, 0.1) is 5.92 Å². The third-order valence-electron chi connectivity index (χ3n) is 4.54. The normalized spacial score (nSPS) is 29.1. The summed E-state index contributed by atoms with van der Waals surface area (Å²) in [6.07, 6.45) is 5.42. The molecule has 2 saturated carbocycles. The summed E-state index contributed by atoms with van der Waals surface area (Å²) in [6.45, 7) is 0.582. The Balaban J connectivity index is 1.68. The van der Waals surface area contributed by atoms with Crippen molar-refractivity contribution in [1.29, 1.82) is 0 Å². The molecule has 2 fully saturated rings. The summed E-state index contributed by atoms with van der Waals surface area (Å²) < 4.78 is 0. The van der Waals surface area contributed by atoms with Crippen molar-refractivity contribution in [2.24, 2.45) is 11.7 Å². The first-order chi connectivity index (χ1) is 10.1. The maximum atomic E-state index is 12.8. The molecule has 1 aromatic rings. The smallest absolute Gasteiger partial charge is 0.226 e. The number of rotatable bonds is 4. The fourth-order valence-corrected chi connectivity index (χ4v) is 3.09. The van der Waals surface area contributed by atoms with E-state index in [2.05, 4.69) is 4.98 Å². The van der Waals surface area contributed by atoms with Crippen LogP contribution >= 0.6 is 0 Å². The quantitative estimate of drug-likeness (QED) is 0.868. The molecule has 0 unspecified atom stereocenters. The van der Waals surface area contributed by atoms with Gasteiger partial charge in [0, 0.05) is 24.2 Å². The minimum absolute atomic E-state index is 0.0484. The predicted octanol–water partition coefficient (Wildman–Crippen LogP) is 1.06. The van der Waals surface area contributed by atoms with E-state index in [0.717, 1.165) is 25.0 Å². The van der Waals surface area contributed by atoms with Crippen molar-refractivity contribution in [1.82, 2.24) is 9.88 Å². The monoisotopic (exact) mass is 289 g/mol. The zero-order valence-corrected chi connectivity index (χ0v) is 12.2. The van der Waals surface area contributed by atoms with Gasteiger partial charge in [-0.25, -0.2) is 0 Å². The van der Waals surface area contributed by atoms with Crippen LogP contribution in [0.15, 0.2) is 24.4 Å². The van der Waals surface area contributed by atoms with Crippen LogP contribution < -0.4 is 5.73 Å². The highest BCUT2D eigenvalue weighted by molar-refractivity contribution is 5.79. The van der Waals surface area contributed by atoms with Gasteiger partial charge in [0.1, 0.15) is 0 Å². The molecule has 3 atom stereocenters. The molecule has 1 heterocycles. The molecule has 5 heteroatoms. The molecule has 0 aliphatic heterocycles. The summed E-state index contributed by atoms with van der Waals surface area (Å²) in [7, 11) is 0. The average Bonchev–Trinajstić information content (AvgIpc) is 3.33. The number of hydrogen-bond donors (Lipinski definition) is 2. The van der Waals surface area contributed by atoms with Gasteiger partial charge in [0.05, 0.1) is 18.3 Å². The Kier molecular flexibility index (Phi) is 4.22. The largest absolute Gasteiger partial charge is 0.392 e. The lowest BCUT2D eigenvalue weighted by Gasteiger charge is -2.33. The highest BCUT2D eigenvalue weighted by Crippen LogP contribution is 2.33. The molecule has 0 spiro atoms. The van der Waals surface area contributed by atoms with Crippen molar-refractivity contribution in [3.8, 4) is 0 Å². The Morgan fingerprint density at radius 3 is 2.76 bits per heavy atom. The maximum Gasteiger partial charge on any atom is 0.226 e. The number of amides is 1. The molecule has 1 amide bonds. The Hall–Kier alpha value is -1.46. The second-order valence-electron chi connectivity index (χ2n) is 6.26. The van der Waals surface area contributed by atoms with E-state index in [9.17, 15) is 9.90 Å². The zero-order chi connectivity index (χ0) is 14.8. The van der Waals surface area contributed by atoms with E-state index in [1.165, 1.54) is 0 Å². The van der Waals surface area contributed by atoms with Gasteiger partial charge in [-0.15, -0.1) is 0 Å². The zero-order valence-electron chi connectivity index (χ0n) is 12.2. The highest BCUT2D eigenvalue weighted by Gasteiger charge is 2.38. The van der Waals surface area contributed by atoms with Gasteiger partial charge in [0.25, 0.3) is 0 Å². The molecule has 3 N–H and O–H groups in total. The van der Waals surface area contributed by atoms with Gasteiger partial charge in [0.15, 0.2) is 0 Å². The Morgan fingerprint density at radius 1 is 1.33 bits per heavy atom. The lowest BCUT2D eigenvalue weighted by molar-refractivity contribution is -0.138. The maximum absolute atomic E-state index is 12.8. The molecule has 0 radical (unpaired) electrons. The number of nitrogens with zero attached hydrogens (tertiary/aromatic N) is 2. The number of carbonyl (C=O) groups is 1. The minimum atomic E-state index is -0.459. The molecule has 1 aromatic heterocycles. The van der Waals surface area contributed by atoms with Gasteiger partial charge in [-0.05, 0) is 44.2 Å². The summed E-state index contributed by atoms with van der Waals surface area (Å²) in [5.41, 5.74) is 6.85. The van der Waals surface area contributed by atoms with Crippen molar-refractivity contribution >= 4 is 5.91 Å². The van der Waals surface area contributed by atoms with Crippen LogP contribution in [0.1, 0.15) is 37.8 Å². The molecule has 21 heavy (non-hydrogen) atoms. The van der Waals surface area contributed by atoms with Crippen LogP contribution in [0.2, 0.25) is 0 Å². The molecule has 2 aliphatic rings. The van der Waals surface area contributed by atoms with Crippen LogP contribution in [-0.2, 0) is 11.3 Å². The van der Waals surface area contributed by atoms with Crippen molar-refractivity contribution in [3.05, 3.63) is 30.1 Å². The van der Waals surface area contributed by atoms with Crippen LogP contribution in [0.5, 0.6) is 0 Å². The summed E-state index contributed by atoms with van der Waals surface area (Å²) >= 11 is 0. The number of aliphatic hydroxyl groups excluding tert-OH is 1. The standard InChI is InChI=1S/C16H23N3O2/c17-14-9-11(4-7-15(14)20)16(21)19(13-5-6-13)10-12-3-1-2-8-18-12/h1-3,8,11,13-15,20H,4-7,9-10,17H2/t11-,14+,15+/m0/s1. The fraction of sp³-hybridized carbons (Fsp3) is 0.625. The average molecular weight is 289 g/mol. The number of aliphatic hydroxyl groups is 1. The molecular formula is C16H23N3O2. The highest BCUT2D eigenvalue weighted by atomic mass is 16.3. The van der Waals surface area contributed by atoms with E-state index in [-0.39, 0.29) is 17.9 Å². The fourth-order valence-electron chi connectivity index (χ4n) is 3.09. The first kappa shape index (κ1) is 14.5. The van der Waals surface area contributed by atoms with E-state index in [1.54, 1.807) is 6.20 Å². The van der Waals surface area contributed by atoms with Crippen LogP contribution in [0.3, 0.4) is 0 Å². The van der Waals surface area contributed by atoms with Gasteiger partial charge < -0.3 is 15.7 Å². The van der Waals surface area contributed by atoms with Gasteiger partial charge in [0.2, 0.25) is 5.91 Å². The van der Waals surface area contributed by atoms with E-state index < -0.39 is 6.10 Å². The first-order valence-corrected chi connectivity index (χ1v) is 7.79. The molecular weight excluding hydrogens is 266 g/mol. The first-order valence-electron chi connectivity index (χ1n) is 7.79. The van der Waals surface area contributed by atoms with Gasteiger partial charge in [-0.1, -0.05) is 6.07 Å². The van der Waals surface area contributed by atoms with Gasteiger partial charge in [-0.2, -0.15) is 0 Å². The van der Waals surface area contributed by atoms with Crippen LogP contribution in [-0.4, -0.2) is 39.1 Å². The molecule has 0 aromatic carbocycles. The molecule has 5 nitrogen and oxygen atoms in total. The SMILES string of the molecule is N[C@@H]1C[C@@H](C(=O)N(Cc2ccccn2)C2CC2)CC[C@H]1O. The minimum Gasteiger partial charge on any atom is -0.392 e. The van der Waals surface area contributed by atoms with Crippen molar-refractivity contribution in [2.45, 2.75) is 56.8 Å². The summed E-state index contributed by atoms with van der Waals surface area (Å²) in [5.74, 6) is 0.137. The van der Waals surface area contributed by atoms with Crippen LogP contribution in [0.25, 0.3) is 0 Å². The van der Waals surface area contributed by atoms with Crippen molar-refractivity contribution in [2.75, 3.05) is 0 Å². The number of hydrogen-bond acceptors (Lipinski definition) is 4. The third kappa shape index (κ3) is 3.41. The number of aromatic nitrogens is 1. The molecule has 114 valence electrons. The summed E-state index contributed by atoms with van der Waals surface area (Å²) in [5, 5.41) is 9.71. The topological polar surface area (TPSA) is 79.5 Å². The van der Waals surface area contributed by atoms with Crippen molar-refractivity contribution < 1.29 is 9.90 Å². The Labute approximate surface area is 125 Å². The lowest BCUT2D eigenvalue weighted by atomic mass is 9.83. The van der Waals surface area contributed by atoms with Gasteiger partial charge >= 0.3 is 0 Å². The van der Waals surface area contributed by atoms with Crippen LogP contribution in [0.4, 0.5) is 0 Å². The summed E-state index contributed by atoms with van der Waals surface area (Å²) in [6, 6.07) is 5.88. The molecule has 3 rings (SSSR count). The number of carbonyl (C=O) groups excluding carboxylic acids is 1. The predicted molar refractivity (Wildman–Crippen MR) is 79.1 cm³/mol. The van der Waals surface area contributed by atoms with E-state index >= 15 is 0 Å². The van der Waals surface area contributed by atoms with E-state index in [0.29, 0.717) is 25.4 Å². The molecule has 2 aliphatic carbocycles. The molecule has 0 saturated heterocycles. The molecule has 0 bridgehead atoms. The Bertz CT molecular complexity index is 490. The number of nitrogens with two attached hydrogens (primary N) is 1. The lowest BCUT2D eigenvalue weighted by Crippen LogP contribution is -2.46. The van der Waals surface area contributed by atoms with E-state index in [4.69, 9.17) is 5.73 Å². The second kappa shape index (κ2) is 6.12. The number of pyridine rings is 1. The van der Waals surface area contributed by atoms with Gasteiger partial charge in [-0.3, -0.25) is 9.78 Å². The third-order valence-corrected chi connectivity index (χ3v) is 4.54. The van der Waals surface area contributed by atoms with Crippen molar-refractivity contribution in [3.63, 3.8) is 0 Å². The van der Waals surface area contributed by atoms with E-state index in [1.807, 2.05) is 23.1 Å². The second-order valence-corrected chi connectivity index (χ2v) is 6.26. The Morgan fingerprint density at radius 2 is 2.14 bits per heavy atom. The summed E-state index contributed by atoms with van der Waals surface area (Å²) in [4.78, 5) is 19.1.